The maximum Gasteiger partial charge on any atom is 0.225 e. The molecule has 23 heavy (non-hydrogen) atoms. The van der Waals surface area contributed by atoms with Crippen molar-refractivity contribution in [2.24, 2.45) is 5.92 Å². The molecule has 5 heteroatoms. The second kappa shape index (κ2) is 6.65. The molecule has 0 aliphatic carbocycles. The lowest BCUT2D eigenvalue weighted by molar-refractivity contribution is -0.160. The van der Waals surface area contributed by atoms with E-state index >= 15 is 0 Å². The second-order valence-corrected chi connectivity index (χ2v) is 7.27. The van der Waals surface area contributed by atoms with Crippen molar-refractivity contribution in [1.82, 2.24) is 9.80 Å². The van der Waals surface area contributed by atoms with Crippen LogP contribution in [0, 0.1) is 12.8 Å². The first-order valence-corrected chi connectivity index (χ1v) is 8.68. The molecule has 3 rings (SSSR count). The highest BCUT2D eigenvalue weighted by Crippen LogP contribution is 2.30. The lowest BCUT2D eigenvalue weighted by Crippen LogP contribution is -2.60. The number of carbonyl (C=O) groups is 1. The molecule has 0 bridgehead atoms. The molecule has 1 aromatic rings. The lowest BCUT2D eigenvalue weighted by Gasteiger charge is -2.48. The fourth-order valence-electron chi connectivity index (χ4n) is 3.75. The van der Waals surface area contributed by atoms with Gasteiger partial charge in [0.25, 0.3) is 0 Å². The number of carbonyl (C=O) groups excluding carboxylic acids is 1. The summed E-state index contributed by atoms with van der Waals surface area (Å²) in [6.07, 6.45) is 2.05. The Morgan fingerprint density at radius 3 is 2.83 bits per heavy atom. The number of morpholine rings is 1. The van der Waals surface area contributed by atoms with Crippen molar-refractivity contribution in [3.8, 4) is 0 Å². The van der Waals surface area contributed by atoms with Crippen LogP contribution in [0.4, 0.5) is 0 Å². The molecule has 0 aromatic carbocycles. The van der Waals surface area contributed by atoms with Crippen LogP contribution < -0.4 is 0 Å². The van der Waals surface area contributed by atoms with E-state index in [0.29, 0.717) is 0 Å². The molecule has 1 amide bonds. The maximum atomic E-state index is 12.3. The van der Waals surface area contributed by atoms with Crippen molar-refractivity contribution in [3.63, 3.8) is 0 Å². The molecule has 1 spiro atoms. The number of likely N-dealkylation sites (tertiary alicyclic amines) is 1. The fourth-order valence-corrected chi connectivity index (χ4v) is 3.75. The molecule has 5 nitrogen and oxygen atoms in total. The van der Waals surface area contributed by atoms with E-state index in [2.05, 4.69) is 4.90 Å². The Labute approximate surface area is 138 Å². The Hall–Kier alpha value is -1.33. The summed E-state index contributed by atoms with van der Waals surface area (Å²) in [7, 11) is 0. The molecule has 2 aliphatic heterocycles. The van der Waals surface area contributed by atoms with Crippen LogP contribution in [-0.4, -0.2) is 54.1 Å². The number of amides is 1. The van der Waals surface area contributed by atoms with Gasteiger partial charge < -0.3 is 14.1 Å². The van der Waals surface area contributed by atoms with Gasteiger partial charge >= 0.3 is 0 Å². The summed E-state index contributed by atoms with van der Waals surface area (Å²) in [5.41, 5.74) is -0.206. The van der Waals surface area contributed by atoms with Gasteiger partial charge in [0.15, 0.2) is 0 Å². The van der Waals surface area contributed by atoms with Gasteiger partial charge in [-0.1, -0.05) is 13.8 Å². The van der Waals surface area contributed by atoms with E-state index in [4.69, 9.17) is 9.15 Å². The van der Waals surface area contributed by atoms with Gasteiger partial charge in [0.1, 0.15) is 11.5 Å². The minimum atomic E-state index is -0.206. The molecular formula is C18H28N2O3. The topological polar surface area (TPSA) is 45.9 Å². The van der Waals surface area contributed by atoms with Crippen molar-refractivity contribution >= 4 is 5.91 Å². The minimum absolute atomic E-state index is 0.0518. The number of aryl methyl sites for hydroxylation is 1. The average Bonchev–Trinajstić information content (AvgIpc) is 2.91. The zero-order valence-electron chi connectivity index (χ0n) is 14.5. The monoisotopic (exact) mass is 320 g/mol. The number of hydrogen-bond donors (Lipinski definition) is 0. The summed E-state index contributed by atoms with van der Waals surface area (Å²) in [6, 6.07) is 4.06. The third-order valence-electron chi connectivity index (χ3n) is 4.85. The first-order chi connectivity index (χ1) is 11.0. The van der Waals surface area contributed by atoms with Crippen LogP contribution in [0.2, 0.25) is 0 Å². The van der Waals surface area contributed by atoms with Gasteiger partial charge in [0.2, 0.25) is 5.91 Å². The quantitative estimate of drug-likeness (QED) is 0.858. The predicted molar refractivity (Wildman–Crippen MR) is 88.1 cm³/mol. The van der Waals surface area contributed by atoms with Gasteiger partial charge in [0, 0.05) is 25.6 Å². The highest BCUT2D eigenvalue weighted by atomic mass is 16.5. The van der Waals surface area contributed by atoms with Crippen LogP contribution >= 0.6 is 0 Å². The van der Waals surface area contributed by atoms with Gasteiger partial charge in [-0.05, 0) is 31.9 Å². The van der Waals surface area contributed by atoms with Gasteiger partial charge in [-0.15, -0.1) is 0 Å². The zero-order chi connectivity index (χ0) is 16.4. The van der Waals surface area contributed by atoms with Crippen molar-refractivity contribution < 1.29 is 13.9 Å². The van der Waals surface area contributed by atoms with Crippen molar-refractivity contribution in [2.45, 2.75) is 45.8 Å². The molecular weight excluding hydrogens is 292 g/mol. The molecule has 2 saturated heterocycles. The van der Waals surface area contributed by atoms with Crippen LogP contribution in [0.25, 0.3) is 0 Å². The lowest BCUT2D eigenvalue weighted by atomic mass is 9.90. The molecule has 1 aromatic heterocycles. The third kappa shape index (κ3) is 3.78. The molecule has 3 heterocycles. The molecule has 2 aliphatic rings. The molecule has 0 saturated carbocycles. The number of ether oxygens (including phenoxy) is 1. The summed E-state index contributed by atoms with van der Waals surface area (Å²) in [5, 5.41) is 0. The highest BCUT2D eigenvalue weighted by Gasteiger charge is 2.42. The van der Waals surface area contributed by atoms with Crippen LogP contribution in [0.15, 0.2) is 16.5 Å². The van der Waals surface area contributed by atoms with Crippen LogP contribution in [0.1, 0.15) is 38.2 Å². The summed E-state index contributed by atoms with van der Waals surface area (Å²) >= 11 is 0. The second-order valence-electron chi connectivity index (χ2n) is 7.27. The average molecular weight is 320 g/mol. The molecule has 0 N–H and O–H groups in total. The van der Waals surface area contributed by atoms with E-state index in [1.54, 1.807) is 0 Å². The first-order valence-electron chi connectivity index (χ1n) is 8.68. The Bertz CT molecular complexity index is 550. The van der Waals surface area contributed by atoms with E-state index in [9.17, 15) is 4.79 Å². The number of rotatable bonds is 3. The van der Waals surface area contributed by atoms with Crippen LogP contribution in [-0.2, 0) is 16.1 Å². The van der Waals surface area contributed by atoms with E-state index < -0.39 is 0 Å². The standard InChI is InChI=1S/C18H28N2O3/c1-14(2)17(21)20-8-4-7-18(13-20)12-19(9-10-22-18)11-16-6-5-15(3)23-16/h5-6,14H,4,7-13H2,1-3H3/t18-/m0/s1. The molecule has 128 valence electrons. The predicted octanol–water partition coefficient (Wildman–Crippen LogP) is 2.44. The fraction of sp³-hybridized carbons (Fsp3) is 0.722. The van der Waals surface area contributed by atoms with E-state index in [1.165, 1.54) is 0 Å². The first kappa shape index (κ1) is 16.5. The number of piperidine rings is 1. The number of furan rings is 1. The molecule has 0 unspecified atom stereocenters. The van der Waals surface area contributed by atoms with Gasteiger partial charge in [0.05, 0.1) is 25.3 Å². The maximum absolute atomic E-state index is 12.3. The van der Waals surface area contributed by atoms with E-state index in [-0.39, 0.29) is 17.4 Å². The Morgan fingerprint density at radius 2 is 2.13 bits per heavy atom. The molecule has 1 atom stereocenters. The number of nitrogens with zero attached hydrogens (tertiary/aromatic N) is 2. The number of hydrogen-bond acceptors (Lipinski definition) is 4. The van der Waals surface area contributed by atoms with E-state index in [0.717, 1.165) is 63.7 Å². The largest absolute Gasteiger partial charge is 0.465 e. The van der Waals surface area contributed by atoms with Crippen molar-refractivity contribution in [2.75, 3.05) is 32.8 Å². The highest BCUT2D eigenvalue weighted by molar-refractivity contribution is 5.78. The summed E-state index contributed by atoms with van der Waals surface area (Å²) < 4.78 is 11.9. The van der Waals surface area contributed by atoms with Gasteiger partial charge in [-0.3, -0.25) is 9.69 Å². The summed E-state index contributed by atoms with van der Waals surface area (Å²) in [4.78, 5) is 16.7. The van der Waals surface area contributed by atoms with Crippen LogP contribution in [0.3, 0.4) is 0 Å². The summed E-state index contributed by atoms with van der Waals surface area (Å²) in [5.74, 6) is 2.25. The van der Waals surface area contributed by atoms with Crippen molar-refractivity contribution in [1.29, 1.82) is 0 Å². The smallest absolute Gasteiger partial charge is 0.225 e. The molecule has 0 radical (unpaired) electrons. The minimum Gasteiger partial charge on any atom is -0.465 e. The Kier molecular flexibility index (Phi) is 4.78. The van der Waals surface area contributed by atoms with Gasteiger partial charge in [-0.25, -0.2) is 0 Å². The van der Waals surface area contributed by atoms with Crippen molar-refractivity contribution in [3.05, 3.63) is 23.7 Å². The molecule has 2 fully saturated rings. The van der Waals surface area contributed by atoms with Crippen LogP contribution in [0.5, 0.6) is 0 Å². The SMILES string of the molecule is Cc1ccc(CN2CCO[C@@]3(CCCN(C(=O)C(C)C)C3)C2)o1. The van der Waals surface area contributed by atoms with E-state index in [1.807, 2.05) is 37.8 Å². The zero-order valence-corrected chi connectivity index (χ0v) is 14.5. The normalized spacial score (nSPS) is 26.2. The Balaban J connectivity index is 1.65. The Morgan fingerprint density at radius 1 is 1.30 bits per heavy atom. The van der Waals surface area contributed by atoms with Gasteiger partial charge in [-0.2, -0.15) is 0 Å². The summed E-state index contributed by atoms with van der Waals surface area (Å²) in [6.45, 7) is 10.8. The third-order valence-corrected chi connectivity index (χ3v) is 4.85.